The first-order valence-corrected chi connectivity index (χ1v) is 9.94. The molecule has 0 radical (unpaired) electrons. The Morgan fingerprint density at radius 1 is 0.912 bits per heavy atom. The van der Waals surface area contributed by atoms with E-state index in [2.05, 4.69) is 0 Å². The third kappa shape index (κ3) is 3.21. The van der Waals surface area contributed by atoms with Crippen LogP contribution in [0.2, 0.25) is 0 Å². The van der Waals surface area contributed by atoms with E-state index in [-0.39, 0.29) is 18.7 Å². The van der Waals surface area contributed by atoms with E-state index < -0.39 is 68.3 Å². The first kappa shape index (κ1) is 21.6. The van der Waals surface area contributed by atoms with Crippen LogP contribution in [0.3, 0.4) is 0 Å². The molecule has 34 heavy (non-hydrogen) atoms. The van der Waals surface area contributed by atoms with Gasteiger partial charge in [0.2, 0.25) is 5.43 Å². The van der Waals surface area contributed by atoms with Crippen LogP contribution in [0.5, 0.6) is 0 Å². The summed E-state index contributed by atoms with van der Waals surface area (Å²) < 4.78 is 74.0. The van der Waals surface area contributed by atoms with Gasteiger partial charge in [-0.1, -0.05) is 12.1 Å². The summed E-state index contributed by atoms with van der Waals surface area (Å²) in [5.74, 6) is -6.79. The maximum Gasteiger partial charge on any atom is 0.341 e. The van der Waals surface area contributed by atoms with Crippen molar-refractivity contribution in [2.75, 3.05) is 4.90 Å². The molecule has 172 valence electrons. The maximum atomic E-state index is 15.9. The van der Waals surface area contributed by atoms with Crippen LogP contribution in [0, 0.1) is 29.1 Å². The molecule has 3 aromatic carbocycles. The number of anilines is 1. The number of pyridine rings is 1. The van der Waals surface area contributed by atoms with Gasteiger partial charge in [-0.05, 0) is 29.8 Å². The fourth-order valence-corrected chi connectivity index (χ4v) is 4.25. The number of nitrogens with zero attached hydrogens (tertiary/aromatic N) is 2. The van der Waals surface area contributed by atoms with Crippen molar-refractivity contribution >= 4 is 22.6 Å². The smallest absolute Gasteiger partial charge is 0.341 e. The second-order valence-electron chi connectivity index (χ2n) is 7.79. The second-order valence-corrected chi connectivity index (χ2v) is 7.79. The van der Waals surface area contributed by atoms with Crippen LogP contribution in [0.4, 0.5) is 27.6 Å². The van der Waals surface area contributed by atoms with Crippen LogP contribution in [0.15, 0.2) is 53.5 Å². The van der Waals surface area contributed by atoms with Crippen LogP contribution in [-0.2, 0) is 13.1 Å². The minimum absolute atomic E-state index is 0.0329. The SMILES string of the molecule is O=C(O)c1cn(-c2ccc(F)cc2F)c2c(F)c(N3Cc4cccc(F)c4C3)c(F)cc2c1=O. The molecule has 0 saturated carbocycles. The molecule has 0 atom stereocenters. The number of carbonyl (C=O) groups is 1. The van der Waals surface area contributed by atoms with Crippen molar-refractivity contribution < 1.29 is 31.9 Å². The molecule has 4 aromatic rings. The van der Waals surface area contributed by atoms with E-state index in [1.54, 1.807) is 6.07 Å². The molecule has 1 N–H and O–H groups in total. The maximum absolute atomic E-state index is 15.9. The lowest BCUT2D eigenvalue weighted by atomic mass is 10.1. The van der Waals surface area contributed by atoms with Crippen molar-refractivity contribution in [2.24, 2.45) is 0 Å². The molecule has 0 saturated heterocycles. The van der Waals surface area contributed by atoms with Crippen molar-refractivity contribution in [2.45, 2.75) is 13.1 Å². The molecule has 0 aliphatic carbocycles. The highest BCUT2D eigenvalue weighted by atomic mass is 19.1. The number of hydrogen-bond donors (Lipinski definition) is 1. The first-order valence-electron chi connectivity index (χ1n) is 9.94. The second kappa shape index (κ2) is 7.68. The lowest BCUT2D eigenvalue weighted by molar-refractivity contribution is 0.0695. The lowest BCUT2D eigenvalue weighted by Gasteiger charge is -2.22. The van der Waals surface area contributed by atoms with Gasteiger partial charge in [-0.25, -0.2) is 26.7 Å². The lowest BCUT2D eigenvalue weighted by Crippen LogP contribution is -2.23. The molecule has 0 bridgehead atoms. The zero-order valence-corrected chi connectivity index (χ0v) is 17.1. The molecule has 5 nitrogen and oxygen atoms in total. The van der Waals surface area contributed by atoms with E-state index in [1.807, 2.05) is 0 Å². The Morgan fingerprint density at radius 3 is 2.35 bits per heavy atom. The molecule has 1 aromatic heterocycles. The highest BCUT2D eigenvalue weighted by molar-refractivity contribution is 5.94. The summed E-state index contributed by atoms with van der Waals surface area (Å²) in [4.78, 5) is 25.5. The standard InChI is InChI=1S/C24H13F5N2O3/c25-12-4-5-19(17(27)6-12)31-10-15(24(33)34)23(32)13-7-18(28)22(20(29)21(13)31)30-8-11-2-1-3-16(26)14(11)9-30/h1-7,10H,8-9H2,(H,33,34). The van der Waals surface area contributed by atoms with E-state index in [0.29, 0.717) is 23.9 Å². The number of carboxylic acids is 1. The number of halogens is 5. The Hall–Kier alpha value is -4.21. The molecule has 0 unspecified atom stereocenters. The first-order chi connectivity index (χ1) is 16.2. The summed E-state index contributed by atoms with van der Waals surface area (Å²) in [5, 5.41) is 8.76. The number of carboxylic acid groups (broad SMARTS) is 1. The summed E-state index contributed by atoms with van der Waals surface area (Å²) in [6.07, 6.45) is 0.701. The van der Waals surface area contributed by atoms with Gasteiger partial charge in [0.15, 0.2) is 5.82 Å². The molecule has 1 aliphatic rings. The molecule has 2 heterocycles. The number of fused-ring (bicyclic) bond motifs is 2. The highest BCUT2D eigenvalue weighted by Gasteiger charge is 2.30. The van der Waals surface area contributed by atoms with E-state index in [0.717, 1.165) is 16.7 Å². The largest absolute Gasteiger partial charge is 0.477 e. The van der Waals surface area contributed by atoms with Crippen molar-refractivity contribution in [1.29, 1.82) is 0 Å². The minimum Gasteiger partial charge on any atom is -0.477 e. The number of benzene rings is 3. The Balaban J connectivity index is 1.82. The van der Waals surface area contributed by atoms with Gasteiger partial charge < -0.3 is 14.6 Å². The van der Waals surface area contributed by atoms with Crippen molar-refractivity contribution in [3.05, 3.63) is 105 Å². The third-order valence-corrected chi connectivity index (χ3v) is 5.80. The number of hydrogen-bond acceptors (Lipinski definition) is 3. The van der Waals surface area contributed by atoms with Crippen LogP contribution in [0.25, 0.3) is 16.6 Å². The fraction of sp³-hybridized carbons (Fsp3) is 0.0833. The zero-order valence-electron chi connectivity index (χ0n) is 17.1. The van der Waals surface area contributed by atoms with E-state index >= 15 is 8.78 Å². The molecular formula is C24H13F5N2O3. The Bertz CT molecular complexity index is 1580. The Morgan fingerprint density at radius 2 is 1.68 bits per heavy atom. The third-order valence-electron chi connectivity index (χ3n) is 5.80. The predicted molar refractivity (Wildman–Crippen MR) is 113 cm³/mol. The average Bonchev–Trinajstić information content (AvgIpc) is 3.20. The van der Waals surface area contributed by atoms with Gasteiger partial charge in [-0.15, -0.1) is 0 Å². The number of rotatable bonds is 3. The van der Waals surface area contributed by atoms with Crippen LogP contribution >= 0.6 is 0 Å². The Labute approximate surface area is 187 Å². The molecule has 5 rings (SSSR count). The van der Waals surface area contributed by atoms with E-state index in [1.165, 1.54) is 17.0 Å². The Kier molecular flexibility index (Phi) is 4.89. The van der Waals surface area contributed by atoms with E-state index in [4.69, 9.17) is 0 Å². The summed E-state index contributed by atoms with van der Waals surface area (Å²) >= 11 is 0. The predicted octanol–water partition coefficient (Wildman–Crippen LogP) is 4.90. The van der Waals surface area contributed by atoms with Gasteiger partial charge in [0.05, 0.1) is 16.6 Å². The minimum atomic E-state index is -1.70. The van der Waals surface area contributed by atoms with Gasteiger partial charge in [0.25, 0.3) is 0 Å². The molecular weight excluding hydrogens is 459 g/mol. The van der Waals surface area contributed by atoms with Crippen molar-refractivity contribution in [3.8, 4) is 5.69 Å². The topological polar surface area (TPSA) is 62.5 Å². The summed E-state index contributed by atoms with van der Waals surface area (Å²) in [7, 11) is 0. The summed E-state index contributed by atoms with van der Waals surface area (Å²) in [6.45, 7) is -0.196. The van der Waals surface area contributed by atoms with Gasteiger partial charge in [-0.3, -0.25) is 4.79 Å². The van der Waals surface area contributed by atoms with Crippen LogP contribution < -0.4 is 10.3 Å². The van der Waals surface area contributed by atoms with Crippen LogP contribution in [-0.4, -0.2) is 15.6 Å². The monoisotopic (exact) mass is 472 g/mol. The summed E-state index contributed by atoms with van der Waals surface area (Å²) in [6, 6.07) is 7.26. The quantitative estimate of drug-likeness (QED) is 0.431. The normalized spacial score (nSPS) is 12.9. The van der Waals surface area contributed by atoms with Gasteiger partial charge in [-0.2, -0.15) is 0 Å². The zero-order chi connectivity index (χ0) is 24.3. The van der Waals surface area contributed by atoms with Gasteiger partial charge in [0.1, 0.15) is 34.5 Å². The van der Waals surface area contributed by atoms with Crippen molar-refractivity contribution in [3.63, 3.8) is 0 Å². The molecule has 0 amide bonds. The average molecular weight is 472 g/mol. The molecule has 10 heteroatoms. The number of aromatic carboxylic acids is 1. The molecule has 0 spiro atoms. The molecule has 1 aliphatic heterocycles. The highest BCUT2D eigenvalue weighted by Crippen LogP contribution is 2.37. The number of aromatic nitrogens is 1. The van der Waals surface area contributed by atoms with Gasteiger partial charge >= 0.3 is 5.97 Å². The fourth-order valence-electron chi connectivity index (χ4n) is 4.25. The summed E-state index contributed by atoms with van der Waals surface area (Å²) in [5.41, 5.74) is -2.93. The van der Waals surface area contributed by atoms with E-state index in [9.17, 15) is 27.9 Å². The van der Waals surface area contributed by atoms with Gasteiger partial charge in [0, 0.05) is 30.9 Å². The van der Waals surface area contributed by atoms with Crippen LogP contribution in [0.1, 0.15) is 21.5 Å². The molecule has 0 fully saturated rings. The van der Waals surface area contributed by atoms with Crippen molar-refractivity contribution in [1.82, 2.24) is 4.57 Å².